The SMILES string of the molecule is Cc1cc(-c2ccc(CNCc3cccnc3)o2)ccc1Br.[Cl-].[Cl-]. The Hall–Kier alpha value is -1.33. The van der Waals surface area contributed by atoms with E-state index in [1.165, 1.54) is 5.56 Å². The maximum Gasteiger partial charge on any atom is 0.134 e. The van der Waals surface area contributed by atoms with E-state index in [4.69, 9.17) is 4.42 Å². The largest absolute Gasteiger partial charge is 1.00 e. The summed E-state index contributed by atoms with van der Waals surface area (Å²) in [6, 6.07) is 14.3. The maximum atomic E-state index is 5.91. The predicted molar refractivity (Wildman–Crippen MR) is 91.4 cm³/mol. The lowest BCUT2D eigenvalue weighted by Gasteiger charge is -2.03. The molecule has 3 aromatic rings. The van der Waals surface area contributed by atoms with Crippen LogP contribution < -0.4 is 30.1 Å². The second-order valence-electron chi connectivity index (χ2n) is 5.19. The number of aryl methyl sites for hydroxylation is 1. The first-order chi connectivity index (χ1) is 10.7. The van der Waals surface area contributed by atoms with Gasteiger partial charge in [0, 0.05) is 29.0 Å². The van der Waals surface area contributed by atoms with Crippen molar-refractivity contribution in [3.05, 3.63) is 76.2 Å². The van der Waals surface area contributed by atoms with E-state index in [9.17, 15) is 0 Å². The lowest BCUT2D eigenvalue weighted by Crippen LogP contribution is -3.00. The number of rotatable bonds is 5. The summed E-state index contributed by atoms with van der Waals surface area (Å²) in [6.07, 6.45) is 3.65. The van der Waals surface area contributed by atoms with Crippen molar-refractivity contribution in [3.63, 3.8) is 0 Å². The molecule has 0 saturated heterocycles. The molecule has 2 aromatic heterocycles. The van der Waals surface area contributed by atoms with Crippen LogP contribution in [0.2, 0.25) is 0 Å². The molecule has 0 fully saturated rings. The summed E-state index contributed by atoms with van der Waals surface area (Å²) >= 11 is 3.52. The number of pyridine rings is 1. The molecule has 3 nitrogen and oxygen atoms in total. The molecule has 0 aliphatic carbocycles. The van der Waals surface area contributed by atoms with Crippen LogP contribution in [-0.4, -0.2) is 4.98 Å². The minimum atomic E-state index is 0. The van der Waals surface area contributed by atoms with Gasteiger partial charge in [0.25, 0.3) is 0 Å². The first kappa shape index (κ1) is 20.7. The highest BCUT2D eigenvalue weighted by Gasteiger charge is 2.06. The van der Waals surface area contributed by atoms with Gasteiger partial charge in [0.1, 0.15) is 11.5 Å². The lowest BCUT2D eigenvalue weighted by atomic mass is 10.1. The van der Waals surface area contributed by atoms with E-state index in [1.807, 2.05) is 30.5 Å². The Balaban J connectivity index is 0.00000144. The van der Waals surface area contributed by atoms with Gasteiger partial charge in [0.2, 0.25) is 0 Å². The van der Waals surface area contributed by atoms with E-state index in [0.717, 1.165) is 33.7 Å². The zero-order valence-corrected chi connectivity index (χ0v) is 16.2. The third kappa shape index (κ3) is 5.35. The average Bonchev–Trinajstić information content (AvgIpc) is 3.00. The standard InChI is InChI=1S/C18H17BrN2O.2ClH/c1-13-9-15(4-6-17(13)19)18-7-5-16(22-18)12-21-11-14-3-2-8-20-10-14;;/h2-10,21H,11-12H2,1H3;2*1H/p-2. The van der Waals surface area contributed by atoms with Crippen molar-refractivity contribution in [3.8, 4) is 11.3 Å². The molecule has 0 aliphatic rings. The summed E-state index contributed by atoms with van der Waals surface area (Å²) in [5.74, 6) is 1.83. The third-order valence-corrected chi connectivity index (χ3v) is 4.35. The lowest BCUT2D eigenvalue weighted by molar-refractivity contribution is -0.00100. The highest BCUT2D eigenvalue weighted by atomic mass is 79.9. The number of aromatic nitrogens is 1. The van der Waals surface area contributed by atoms with E-state index in [1.54, 1.807) is 6.20 Å². The van der Waals surface area contributed by atoms with Gasteiger partial charge < -0.3 is 34.5 Å². The minimum Gasteiger partial charge on any atom is -1.00 e. The quantitative estimate of drug-likeness (QED) is 0.550. The summed E-state index contributed by atoms with van der Waals surface area (Å²) in [6.45, 7) is 3.55. The number of hydrogen-bond donors (Lipinski definition) is 1. The number of nitrogens with one attached hydrogen (secondary N) is 1. The Bertz CT molecular complexity index is 763. The van der Waals surface area contributed by atoms with Crippen molar-refractivity contribution in [2.45, 2.75) is 20.0 Å². The van der Waals surface area contributed by atoms with Gasteiger partial charge in [-0.2, -0.15) is 0 Å². The molecule has 24 heavy (non-hydrogen) atoms. The van der Waals surface area contributed by atoms with Crippen LogP contribution in [-0.2, 0) is 13.1 Å². The Morgan fingerprint density at radius 1 is 1.08 bits per heavy atom. The summed E-state index contributed by atoms with van der Waals surface area (Å²) < 4.78 is 7.02. The monoisotopic (exact) mass is 426 g/mol. The van der Waals surface area contributed by atoms with Crippen molar-refractivity contribution in [1.29, 1.82) is 0 Å². The Kier molecular flexibility index (Phi) is 8.50. The van der Waals surface area contributed by atoms with Gasteiger partial charge >= 0.3 is 0 Å². The van der Waals surface area contributed by atoms with Gasteiger partial charge in [0.15, 0.2) is 0 Å². The van der Waals surface area contributed by atoms with Crippen LogP contribution in [0.1, 0.15) is 16.9 Å². The Morgan fingerprint density at radius 2 is 1.92 bits per heavy atom. The van der Waals surface area contributed by atoms with E-state index in [2.05, 4.69) is 51.4 Å². The van der Waals surface area contributed by atoms with Crippen LogP contribution in [0.15, 0.2) is 63.7 Å². The van der Waals surface area contributed by atoms with E-state index in [0.29, 0.717) is 6.54 Å². The molecule has 0 saturated carbocycles. The van der Waals surface area contributed by atoms with Gasteiger partial charge in [-0.05, 0) is 48.4 Å². The molecular formula is C18H17BrCl2N2O-2. The third-order valence-electron chi connectivity index (χ3n) is 3.46. The van der Waals surface area contributed by atoms with Crippen molar-refractivity contribution in [1.82, 2.24) is 10.3 Å². The molecule has 0 aliphatic heterocycles. The second kappa shape index (κ2) is 9.84. The van der Waals surface area contributed by atoms with Crippen LogP contribution in [0.25, 0.3) is 11.3 Å². The molecule has 1 N–H and O–H groups in total. The number of furan rings is 1. The molecule has 0 radical (unpaired) electrons. The van der Waals surface area contributed by atoms with Crippen LogP contribution in [0.5, 0.6) is 0 Å². The highest BCUT2D eigenvalue weighted by Crippen LogP contribution is 2.26. The van der Waals surface area contributed by atoms with Crippen molar-refractivity contribution < 1.29 is 29.2 Å². The summed E-state index contributed by atoms with van der Waals surface area (Å²) in [5.41, 5.74) is 3.46. The maximum absolute atomic E-state index is 5.91. The van der Waals surface area contributed by atoms with Crippen LogP contribution in [0.4, 0.5) is 0 Å². The highest BCUT2D eigenvalue weighted by molar-refractivity contribution is 9.10. The summed E-state index contributed by atoms with van der Waals surface area (Å²) in [5, 5.41) is 3.36. The molecule has 1 aromatic carbocycles. The first-order valence-corrected chi connectivity index (χ1v) is 7.96. The zero-order chi connectivity index (χ0) is 15.4. The molecule has 128 valence electrons. The molecular weight excluding hydrogens is 411 g/mol. The van der Waals surface area contributed by atoms with E-state index in [-0.39, 0.29) is 24.8 Å². The molecule has 0 unspecified atom stereocenters. The molecule has 3 rings (SSSR count). The molecule has 0 atom stereocenters. The van der Waals surface area contributed by atoms with Gasteiger partial charge in [-0.25, -0.2) is 0 Å². The van der Waals surface area contributed by atoms with Gasteiger partial charge in [-0.1, -0.05) is 28.1 Å². The summed E-state index contributed by atoms with van der Waals surface area (Å²) in [4.78, 5) is 4.10. The van der Waals surface area contributed by atoms with Gasteiger partial charge in [-0.3, -0.25) is 4.98 Å². The number of hydrogen-bond acceptors (Lipinski definition) is 3. The second-order valence-corrected chi connectivity index (χ2v) is 6.05. The topological polar surface area (TPSA) is 38.1 Å². The minimum absolute atomic E-state index is 0. The van der Waals surface area contributed by atoms with E-state index < -0.39 is 0 Å². The van der Waals surface area contributed by atoms with Gasteiger partial charge in [-0.15, -0.1) is 0 Å². The molecule has 6 heteroatoms. The van der Waals surface area contributed by atoms with Gasteiger partial charge in [0.05, 0.1) is 6.54 Å². The average molecular weight is 428 g/mol. The normalized spacial score (nSPS) is 9.92. The van der Waals surface area contributed by atoms with Crippen molar-refractivity contribution in [2.24, 2.45) is 0 Å². The summed E-state index contributed by atoms with van der Waals surface area (Å²) in [7, 11) is 0. The van der Waals surface area contributed by atoms with Crippen LogP contribution >= 0.6 is 15.9 Å². The van der Waals surface area contributed by atoms with Crippen LogP contribution in [0.3, 0.4) is 0 Å². The first-order valence-electron chi connectivity index (χ1n) is 7.17. The molecule has 0 spiro atoms. The Labute approximate surface area is 162 Å². The number of nitrogens with zero attached hydrogens (tertiary/aromatic N) is 1. The molecule has 2 heterocycles. The number of benzene rings is 1. The number of halogens is 3. The van der Waals surface area contributed by atoms with Crippen molar-refractivity contribution >= 4 is 15.9 Å². The molecule has 0 bridgehead atoms. The fraction of sp³-hybridized carbons (Fsp3) is 0.167. The zero-order valence-electron chi connectivity index (χ0n) is 13.1. The Morgan fingerprint density at radius 3 is 2.62 bits per heavy atom. The fourth-order valence-electron chi connectivity index (χ4n) is 2.26. The van der Waals surface area contributed by atoms with Crippen LogP contribution in [0, 0.1) is 6.92 Å². The molecule has 0 amide bonds. The van der Waals surface area contributed by atoms with Crippen molar-refractivity contribution in [2.75, 3.05) is 0 Å². The smallest absolute Gasteiger partial charge is 0.134 e. The predicted octanol–water partition coefficient (Wildman–Crippen LogP) is -1.29. The van der Waals surface area contributed by atoms with E-state index >= 15 is 0 Å². The fourth-order valence-corrected chi connectivity index (χ4v) is 2.51.